The first kappa shape index (κ1) is 12.8. The molecule has 1 rings (SSSR count). The second kappa shape index (κ2) is 5.19. The fraction of sp³-hybridized carbons (Fsp3) is 0.615. The number of rotatable bonds is 4. The zero-order valence-corrected chi connectivity index (χ0v) is 11.0. The predicted molar refractivity (Wildman–Crippen MR) is 70.7 cm³/mol. The number of hydrogen-bond acceptors (Lipinski definition) is 3. The van der Waals surface area contributed by atoms with Gasteiger partial charge in [-0.25, -0.2) is 4.98 Å². The Balaban J connectivity index is 2.79. The van der Waals surface area contributed by atoms with E-state index in [2.05, 4.69) is 37.7 Å². The van der Waals surface area contributed by atoms with Crippen LogP contribution >= 0.6 is 0 Å². The van der Waals surface area contributed by atoms with Gasteiger partial charge < -0.3 is 10.6 Å². The molecule has 2 N–H and O–H groups in total. The van der Waals surface area contributed by atoms with E-state index in [4.69, 9.17) is 5.73 Å². The van der Waals surface area contributed by atoms with E-state index in [9.17, 15) is 0 Å². The first-order valence-electron chi connectivity index (χ1n) is 5.86. The molecule has 3 heteroatoms. The van der Waals surface area contributed by atoms with Gasteiger partial charge >= 0.3 is 0 Å². The third-order valence-electron chi connectivity index (χ3n) is 2.97. The molecule has 0 radical (unpaired) electrons. The van der Waals surface area contributed by atoms with Gasteiger partial charge in [0.2, 0.25) is 0 Å². The minimum absolute atomic E-state index is 0.496. The van der Waals surface area contributed by atoms with E-state index in [1.807, 2.05) is 13.0 Å². The molecule has 1 unspecified atom stereocenters. The molecule has 1 aromatic rings. The average Bonchev–Trinajstić information content (AvgIpc) is 2.20. The van der Waals surface area contributed by atoms with E-state index in [1.54, 1.807) is 6.20 Å². The molecular weight excluding hydrogens is 198 g/mol. The molecule has 0 bridgehead atoms. The number of nitrogens with two attached hydrogens (primary N) is 1. The number of pyridine rings is 1. The first-order valence-corrected chi connectivity index (χ1v) is 5.86. The molecule has 0 aliphatic rings. The molecule has 1 atom stereocenters. The molecule has 1 heterocycles. The van der Waals surface area contributed by atoms with Crippen LogP contribution in [0.5, 0.6) is 0 Å². The van der Waals surface area contributed by atoms with Gasteiger partial charge in [0.25, 0.3) is 0 Å². The highest BCUT2D eigenvalue weighted by Crippen LogP contribution is 2.20. The quantitative estimate of drug-likeness (QED) is 0.850. The van der Waals surface area contributed by atoms with Crippen molar-refractivity contribution in [1.29, 1.82) is 0 Å². The van der Waals surface area contributed by atoms with Crippen molar-refractivity contribution in [2.45, 2.75) is 40.2 Å². The number of nitrogens with zero attached hydrogens (tertiary/aromatic N) is 2. The summed E-state index contributed by atoms with van der Waals surface area (Å²) < 4.78 is 0. The molecule has 0 aromatic carbocycles. The van der Waals surface area contributed by atoms with E-state index < -0.39 is 0 Å². The molecule has 0 saturated carbocycles. The molecule has 0 aliphatic heterocycles. The Morgan fingerprint density at radius 2 is 2.00 bits per heavy atom. The number of aryl methyl sites for hydroxylation is 1. The number of nitrogen functional groups attached to an aromatic ring is 1. The van der Waals surface area contributed by atoms with Crippen LogP contribution in [-0.2, 0) is 0 Å². The van der Waals surface area contributed by atoms with Gasteiger partial charge in [0.15, 0.2) is 0 Å². The Kier molecular flexibility index (Phi) is 4.16. The van der Waals surface area contributed by atoms with Gasteiger partial charge in [0.1, 0.15) is 5.82 Å². The standard InChI is InChI=1S/C13H23N3/c1-9(2)6-11(4)16(5)13-7-10(3)12(14)8-15-13/h7-9,11H,6,14H2,1-5H3. The van der Waals surface area contributed by atoms with Crippen LogP contribution in [0.4, 0.5) is 11.5 Å². The summed E-state index contributed by atoms with van der Waals surface area (Å²) in [6.45, 7) is 8.73. The third-order valence-corrected chi connectivity index (χ3v) is 2.97. The summed E-state index contributed by atoms with van der Waals surface area (Å²) in [6.07, 6.45) is 2.91. The zero-order valence-electron chi connectivity index (χ0n) is 11.0. The largest absolute Gasteiger partial charge is 0.397 e. The maximum absolute atomic E-state index is 5.76. The fourth-order valence-electron chi connectivity index (χ4n) is 1.81. The summed E-state index contributed by atoms with van der Waals surface area (Å²) >= 11 is 0. The average molecular weight is 221 g/mol. The SMILES string of the molecule is Cc1cc(N(C)C(C)CC(C)C)ncc1N. The monoisotopic (exact) mass is 221 g/mol. The minimum Gasteiger partial charge on any atom is -0.397 e. The number of hydrogen-bond donors (Lipinski definition) is 1. The van der Waals surface area contributed by atoms with Crippen LogP contribution in [0.1, 0.15) is 32.8 Å². The maximum Gasteiger partial charge on any atom is 0.128 e. The molecule has 0 amide bonds. The zero-order chi connectivity index (χ0) is 12.3. The lowest BCUT2D eigenvalue weighted by molar-refractivity contribution is 0.502. The van der Waals surface area contributed by atoms with E-state index in [0.29, 0.717) is 12.0 Å². The summed E-state index contributed by atoms with van der Waals surface area (Å²) in [6, 6.07) is 2.54. The van der Waals surface area contributed by atoms with Crippen LogP contribution < -0.4 is 10.6 Å². The van der Waals surface area contributed by atoms with E-state index in [1.165, 1.54) is 6.42 Å². The van der Waals surface area contributed by atoms with E-state index in [-0.39, 0.29) is 0 Å². The molecule has 0 fully saturated rings. The van der Waals surface area contributed by atoms with Crippen molar-refractivity contribution in [3.05, 3.63) is 17.8 Å². The van der Waals surface area contributed by atoms with Crippen LogP contribution in [0.15, 0.2) is 12.3 Å². The lowest BCUT2D eigenvalue weighted by atomic mass is 10.0. The molecule has 0 aliphatic carbocycles. The molecule has 3 nitrogen and oxygen atoms in total. The van der Waals surface area contributed by atoms with Gasteiger partial charge in [-0.05, 0) is 37.8 Å². The Morgan fingerprint density at radius 1 is 1.38 bits per heavy atom. The maximum atomic E-state index is 5.76. The van der Waals surface area contributed by atoms with Gasteiger partial charge in [-0.15, -0.1) is 0 Å². The highest BCUT2D eigenvalue weighted by atomic mass is 15.2. The number of anilines is 2. The van der Waals surface area contributed by atoms with Crippen molar-refractivity contribution in [3.8, 4) is 0 Å². The fourth-order valence-corrected chi connectivity index (χ4v) is 1.81. The van der Waals surface area contributed by atoms with Crippen molar-refractivity contribution < 1.29 is 0 Å². The van der Waals surface area contributed by atoms with Gasteiger partial charge in [0, 0.05) is 13.1 Å². The van der Waals surface area contributed by atoms with Gasteiger partial charge in [-0.2, -0.15) is 0 Å². The molecule has 16 heavy (non-hydrogen) atoms. The van der Waals surface area contributed by atoms with Gasteiger partial charge in [-0.1, -0.05) is 13.8 Å². The normalized spacial score (nSPS) is 12.9. The first-order chi connectivity index (χ1) is 7.41. The predicted octanol–water partition coefficient (Wildman–Crippen LogP) is 2.84. The van der Waals surface area contributed by atoms with E-state index in [0.717, 1.165) is 17.1 Å². The second-order valence-electron chi connectivity index (χ2n) is 4.99. The van der Waals surface area contributed by atoms with E-state index >= 15 is 0 Å². The van der Waals surface area contributed by atoms with Crippen molar-refractivity contribution in [1.82, 2.24) is 4.98 Å². The van der Waals surface area contributed by atoms with Crippen LogP contribution in [0.3, 0.4) is 0 Å². The Bertz CT molecular complexity index is 347. The van der Waals surface area contributed by atoms with Gasteiger partial charge in [0.05, 0.1) is 11.9 Å². The topological polar surface area (TPSA) is 42.2 Å². The summed E-state index contributed by atoms with van der Waals surface area (Å²) in [5.74, 6) is 1.70. The van der Waals surface area contributed by atoms with Crippen molar-refractivity contribution >= 4 is 11.5 Å². The summed E-state index contributed by atoms with van der Waals surface area (Å²) in [4.78, 5) is 6.58. The molecule has 90 valence electrons. The summed E-state index contributed by atoms with van der Waals surface area (Å²) in [5, 5.41) is 0. The summed E-state index contributed by atoms with van der Waals surface area (Å²) in [5.41, 5.74) is 7.61. The Hall–Kier alpha value is -1.25. The minimum atomic E-state index is 0.496. The van der Waals surface area contributed by atoms with Crippen molar-refractivity contribution in [2.24, 2.45) is 5.92 Å². The lowest BCUT2D eigenvalue weighted by Gasteiger charge is -2.27. The second-order valence-corrected chi connectivity index (χ2v) is 4.99. The molecular formula is C13H23N3. The Morgan fingerprint density at radius 3 is 2.50 bits per heavy atom. The van der Waals surface area contributed by atoms with Gasteiger partial charge in [-0.3, -0.25) is 0 Å². The number of aromatic nitrogens is 1. The smallest absolute Gasteiger partial charge is 0.128 e. The highest BCUT2D eigenvalue weighted by Gasteiger charge is 2.13. The molecule has 0 saturated heterocycles. The highest BCUT2D eigenvalue weighted by molar-refractivity contribution is 5.52. The third kappa shape index (κ3) is 3.12. The summed E-state index contributed by atoms with van der Waals surface area (Å²) in [7, 11) is 2.09. The van der Waals surface area contributed by atoms with Crippen LogP contribution in [-0.4, -0.2) is 18.1 Å². The molecule has 1 aromatic heterocycles. The Labute approximate surface area is 98.7 Å². The van der Waals surface area contributed by atoms with Crippen LogP contribution in [0.25, 0.3) is 0 Å². The van der Waals surface area contributed by atoms with Crippen molar-refractivity contribution in [2.75, 3.05) is 17.7 Å². The van der Waals surface area contributed by atoms with Crippen LogP contribution in [0, 0.1) is 12.8 Å². The lowest BCUT2D eigenvalue weighted by Crippen LogP contribution is -2.30. The van der Waals surface area contributed by atoms with Crippen LogP contribution in [0.2, 0.25) is 0 Å². The molecule has 0 spiro atoms. The van der Waals surface area contributed by atoms with Crippen molar-refractivity contribution in [3.63, 3.8) is 0 Å².